The molecule has 108 valence electrons. The lowest BCUT2D eigenvalue weighted by molar-refractivity contribution is 0.116. The van der Waals surface area contributed by atoms with Gasteiger partial charge in [-0.3, -0.25) is 0 Å². The number of rotatable bonds is 6. The summed E-state index contributed by atoms with van der Waals surface area (Å²) in [5.41, 5.74) is 0.840. The van der Waals surface area contributed by atoms with Crippen molar-refractivity contribution in [2.45, 2.75) is 38.3 Å². The van der Waals surface area contributed by atoms with Crippen LogP contribution in [-0.4, -0.2) is 37.6 Å². The third-order valence-corrected chi connectivity index (χ3v) is 4.64. The Morgan fingerprint density at radius 1 is 1.42 bits per heavy atom. The lowest BCUT2D eigenvalue weighted by atomic mass is 9.84. The number of halogens is 2. The summed E-state index contributed by atoms with van der Waals surface area (Å²) in [5, 5.41) is 3.97. The van der Waals surface area contributed by atoms with Crippen LogP contribution < -0.4 is 5.32 Å². The third-order valence-electron chi connectivity index (χ3n) is 4.27. The van der Waals surface area contributed by atoms with Gasteiger partial charge in [-0.15, -0.1) is 0 Å². The van der Waals surface area contributed by atoms with E-state index in [9.17, 15) is 4.39 Å². The van der Waals surface area contributed by atoms with E-state index in [-0.39, 0.29) is 17.4 Å². The van der Waals surface area contributed by atoms with E-state index < -0.39 is 0 Å². The molecule has 0 bridgehead atoms. The fraction of sp³-hybridized carbons (Fsp3) is 0.600. The van der Waals surface area contributed by atoms with Crippen molar-refractivity contribution in [1.29, 1.82) is 0 Å². The zero-order chi connectivity index (χ0) is 14.6. The second-order valence-electron chi connectivity index (χ2n) is 5.39. The minimum absolute atomic E-state index is 0.00953. The molecule has 0 saturated carbocycles. The molecule has 0 amide bonds. The summed E-state index contributed by atoms with van der Waals surface area (Å²) in [6.45, 7) is 4.37. The maximum Gasteiger partial charge on any atom is 0.123 e. The molecule has 0 aliphatic rings. The van der Waals surface area contributed by atoms with Crippen molar-refractivity contribution in [3.05, 3.63) is 34.6 Å². The van der Waals surface area contributed by atoms with E-state index in [2.05, 4.69) is 38.2 Å². The van der Waals surface area contributed by atoms with E-state index in [1.165, 1.54) is 12.1 Å². The van der Waals surface area contributed by atoms with E-state index in [1.54, 1.807) is 6.07 Å². The minimum Gasteiger partial charge on any atom is -0.315 e. The van der Waals surface area contributed by atoms with Crippen LogP contribution in [0.15, 0.2) is 18.2 Å². The summed E-state index contributed by atoms with van der Waals surface area (Å²) >= 11 is 6.16. The zero-order valence-electron chi connectivity index (χ0n) is 12.4. The van der Waals surface area contributed by atoms with Gasteiger partial charge in [-0.2, -0.15) is 0 Å². The van der Waals surface area contributed by atoms with Crippen LogP contribution in [0.5, 0.6) is 0 Å². The Labute approximate surface area is 120 Å². The van der Waals surface area contributed by atoms with Crippen molar-refractivity contribution < 1.29 is 4.39 Å². The van der Waals surface area contributed by atoms with Gasteiger partial charge in [-0.25, -0.2) is 4.39 Å². The molecule has 19 heavy (non-hydrogen) atoms. The summed E-state index contributed by atoms with van der Waals surface area (Å²) in [6.07, 6.45) is 1.70. The summed E-state index contributed by atoms with van der Waals surface area (Å²) in [6, 6.07) is 4.74. The van der Waals surface area contributed by atoms with Gasteiger partial charge >= 0.3 is 0 Å². The van der Waals surface area contributed by atoms with E-state index in [1.807, 2.05) is 7.05 Å². The number of hydrogen-bond acceptors (Lipinski definition) is 2. The second kappa shape index (κ2) is 6.69. The summed E-state index contributed by atoms with van der Waals surface area (Å²) in [5.74, 6) is -0.239. The predicted molar refractivity (Wildman–Crippen MR) is 80.3 cm³/mol. The first-order valence-electron chi connectivity index (χ1n) is 6.63. The van der Waals surface area contributed by atoms with Gasteiger partial charge in [0.05, 0.1) is 0 Å². The van der Waals surface area contributed by atoms with Crippen LogP contribution in [0, 0.1) is 5.82 Å². The summed E-state index contributed by atoms with van der Waals surface area (Å²) in [7, 11) is 6.08. The highest BCUT2D eigenvalue weighted by Crippen LogP contribution is 2.26. The molecule has 4 heteroatoms. The molecule has 2 nitrogen and oxygen atoms in total. The van der Waals surface area contributed by atoms with Gasteiger partial charge in [0.25, 0.3) is 0 Å². The largest absolute Gasteiger partial charge is 0.315 e. The van der Waals surface area contributed by atoms with Gasteiger partial charge in [-0.05, 0) is 64.7 Å². The van der Waals surface area contributed by atoms with Crippen molar-refractivity contribution in [3.8, 4) is 0 Å². The SMILES string of the molecule is CCC(C)(C(Cc1cc(F)ccc1Cl)NC)N(C)C. The van der Waals surface area contributed by atoms with Crippen LogP contribution >= 0.6 is 11.6 Å². The van der Waals surface area contributed by atoms with Gasteiger partial charge < -0.3 is 10.2 Å². The Hall–Kier alpha value is -0.640. The molecular formula is C15H24ClFN2. The maximum absolute atomic E-state index is 13.3. The highest BCUT2D eigenvalue weighted by atomic mass is 35.5. The number of benzene rings is 1. The molecule has 0 aliphatic heterocycles. The molecule has 2 atom stereocenters. The molecule has 0 radical (unpaired) electrons. The second-order valence-corrected chi connectivity index (χ2v) is 5.79. The first-order valence-corrected chi connectivity index (χ1v) is 7.01. The van der Waals surface area contributed by atoms with Crippen LogP contribution in [0.2, 0.25) is 5.02 Å². The average Bonchev–Trinajstić information content (AvgIpc) is 2.38. The minimum atomic E-state index is -0.239. The van der Waals surface area contributed by atoms with Gasteiger partial charge in [-0.1, -0.05) is 18.5 Å². The fourth-order valence-electron chi connectivity index (χ4n) is 2.43. The highest BCUT2D eigenvalue weighted by Gasteiger charge is 2.34. The molecule has 2 unspecified atom stereocenters. The van der Waals surface area contributed by atoms with Gasteiger partial charge in [0.15, 0.2) is 0 Å². The number of nitrogens with zero attached hydrogens (tertiary/aromatic N) is 1. The number of hydrogen-bond donors (Lipinski definition) is 1. The Balaban J connectivity index is 3.02. The van der Waals surface area contributed by atoms with Gasteiger partial charge in [0.2, 0.25) is 0 Å². The topological polar surface area (TPSA) is 15.3 Å². The molecule has 0 fully saturated rings. The van der Waals surface area contributed by atoms with Crippen LogP contribution in [0.1, 0.15) is 25.8 Å². The van der Waals surface area contributed by atoms with E-state index in [0.717, 1.165) is 12.0 Å². The Morgan fingerprint density at radius 3 is 2.53 bits per heavy atom. The van der Waals surface area contributed by atoms with Crippen molar-refractivity contribution >= 4 is 11.6 Å². The van der Waals surface area contributed by atoms with Crippen molar-refractivity contribution in [1.82, 2.24) is 10.2 Å². The van der Waals surface area contributed by atoms with E-state index in [4.69, 9.17) is 11.6 Å². The fourth-order valence-corrected chi connectivity index (χ4v) is 2.62. The van der Waals surface area contributed by atoms with Crippen LogP contribution in [-0.2, 0) is 6.42 Å². The molecule has 0 saturated heterocycles. The van der Waals surface area contributed by atoms with Crippen molar-refractivity contribution in [3.63, 3.8) is 0 Å². The molecule has 0 heterocycles. The summed E-state index contributed by atoms with van der Waals surface area (Å²) < 4.78 is 13.3. The first kappa shape index (κ1) is 16.4. The Bertz CT molecular complexity index is 423. The maximum atomic E-state index is 13.3. The van der Waals surface area contributed by atoms with Crippen molar-refractivity contribution in [2.24, 2.45) is 0 Å². The lowest BCUT2D eigenvalue weighted by Crippen LogP contribution is -2.57. The lowest BCUT2D eigenvalue weighted by Gasteiger charge is -2.43. The highest BCUT2D eigenvalue weighted by molar-refractivity contribution is 6.31. The van der Waals surface area contributed by atoms with E-state index in [0.29, 0.717) is 11.4 Å². The van der Waals surface area contributed by atoms with Crippen LogP contribution in [0.4, 0.5) is 4.39 Å². The normalized spacial score (nSPS) is 16.4. The quantitative estimate of drug-likeness (QED) is 0.863. The molecule has 1 aromatic rings. The van der Waals surface area contributed by atoms with Crippen LogP contribution in [0.3, 0.4) is 0 Å². The van der Waals surface area contributed by atoms with E-state index >= 15 is 0 Å². The molecule has 1 N–H and O–H groups in total. The zero-order valence-corrected chi connectivity index (χ0v) is 13.2. The van der Waals surface area contributed by atoms with Crippen molar-refractivity contribution in [2.75, 3.05) is 21.1 Å². The number of nitrogens with one attached hydrogen (secondary N) is 1. The standard InChI is InChI=1S/C15H24ClFN2/c1-6-15(2,19(4)5)14(18-3)10-11-9-12(17)7-8-13(11)16/h7-9,14,18H,6,10H2,1-5H3. The third kappa shape index (κ3) is 3.68. The Kier molecular flexibility index (Phi) is 5.78. The number of likely N-dealkylation sites (N-methyl/N-ethyl adjacent to an activating group) is 2. The molecular weight excluding hydrogens is 263 g/mol. The smallest absolute Gasteiger partial charge is 0.123 e. The summed E-state index contributed by atoms with van der Waals surface area (Å²) in [4.78, 5) is 2.21. The van der Waals surface area contributed by atoms with Gasteiger partial charge in [0.1, 0.15) is 5.82 Å². The molecule has 1 rings (SSSR count). The average molecular weight is 287 g/mol. The molecule has 0 aromatic heterocycles. The molecule has 0 spiro atoms. The molecule has 0 aliphatic carbocycles. The Morgan fingerprint density at radius 2 is 2.05 bits per heavy atom. The van der Waals surface area contributed by atoms with Crippen LogP contribution in [0.25, 0.3) is 0 Å². The first-order chi connectivity index (χ1) is 8.85. The predicted octanol–water partition coefficient (Wildman–Crippen LogP) is 3.34. The van der Waals surface area contributed by atoms with Gasteiger partial charge in [0, 0.05) is 16.6 Å². The monoisotopic (exact) mass is 286 g/mol. The molecule has 1 aromatic carbocycles.